The molecule has 0 unspecified atom stereocenters. The Hall–Kier alpha value is -3.15. The lowest BCUT2D eigenvalue weighted by molar-refractivity contribution is -0.118. The number of amides is 1. The summed E-state index contributed by atoms with van der Waals surface area (Å²) >= 11 is 0. The third-order valence-electron chi connectivity index (χ3n) is 3.73. The number of hydrogen-bond acceptors (Lipinski definition) is 5. The zero-order valence-corrected chi connectivity index (χ0v) is 15.1. The van der Waals surface area contributed by atoms with E-state index in [0.717, 1.165) is 16.7 Å². The number of aromatic nitrogens is 2. The van der Waals surface area contributed by atoms with Gasteiger partial charge in [0.25, 0.3) is 5.91 Å². The summed E-state index contributed by atoms with van der Waals surface area (Å²) in [5.41, 5.74) is 3.95. The third kappa shape index (κ3) is 4.92. The minimum atomic E-state index is -0.204. The molecule has 3 aromatic rings. The molecule has 2 aromatic carbocycles. The molecule has 0 aliphatic heterocycles. The van der Waals surface area contributed by atoms with Crippen LogP contribution in [0.2, 0.25) is 0 Å². The van der Waals surface area contributed by atoms with Gasteiger partial charge in [-0.05, 0) is 54.8 Å². The predicted molar refractivity (Wildman–Crippen MR) is 98.3 cm³/mol. The Morgan fingerprint density at radius 3 is 2.35 bits per heavy atom. The van der Waals surface area contributed by atoms with Crippen LogP contribution in [-0.2, 0) is 11.2 Å². The van der Waals surface area contributed by atoms with Crippen molar-refractivity contribution >= 4 is 11.6 Å². The molecule has 1 heterocycles. The number of carbonyl (C=O) groups is 1. The summed E-state index contributed by atoms with van der Waals surface area (Å²) in [5, 5.41) is 10.6. The molecule has 0 spiro atoms. The topological polar surface area (TPSA) is 77.2 Å². The summed E-state index contributed by atoms with van der Waals surface area (Å²) in [6.45, 7) is 5.72. The van der Waals surface area contributed by atoms with Crippen LogP contribution >= 0.6 is 0 Å². The number of nitrogens with zero attached hydrogens (tertiary/aromatic N) is 2. The second-order valence-electron chi connectivity index (χ2n) is 6.25. The van der Waals surface area contributed by atoms with Crippen molar-refractivity contribution in [3.63, 3.8) is 0 Å². The first-order chi connectivity index (χ1) is 12.5. The van der Waals surface area contributed by atoms with Gasteiger partial charge < -0.3 is 14.5 Å². The zero-order chi connectivity index (χ0) is 18.5. The second kappa shape index (κ2) is 7.82. The predicted octanol–water partition coefficient (Wildman–Crippen LogP) is 3.60. The molecule has 0 fully saturated rings. The van der Waals surface area contributed by atoms with Gasteiger partial charge in [-0.3, -0.25) is 4.79 Å². The van der Waals surface area contributed by atoms with Crippen molar-refractivity contribution in [3.05, 3.63) is 70.9 Å². The quantitative estimate of drug-likeness (QED) is 0.734. The Labute approximate surface area is 152 Å². The molecule has 0 saturated heterocycles. The molecule has 0 aliphatic rings. The van der Waals surface area contributed by atoms with Gasteiger partial charge in [-0.2, -0.15) is 0 Å². The summed E-state index contributed by atoms with van der Waals surface area (Å²) in [6.07, 6.45) is 0.560. The Morgan fingerprint density at radius 2 is 1.73 bits per heavy atom. The van der Waals surface area contributed by atoms with Crippen LogP contribution in [-0.4, -0.2) is 22.7 Å². The van der Waals surface area contributed by atoms with Crippen LogP contribution in [0.25, 0.3) is 0 Å². The maximum Gasteiger partial charge on any atom is 0.262 e. The van der Waals surface area contributed by atoms with Crippen molar-refractivity contribution < 1.29 is 13.9 Å². The third-order valence-corrected chi connectivity index (χ3v) is 3.73. The summed E-state index contributed by atoms with van der Waals surface area (Å²) in [6, 6.07) is 13.4. The molecular weight excluding hydrogens is 330 g/mol. The minimum absolute atomic E-state index is 0.0358. The average Bonchev–Trinajstić information content (AvgIpc) is 2.99. The van der Waals surface area contributed by atoms with Gasteiger partial charge in [0.1, 0.15) is 5.75 Å². The molecule has 0 bridgehead atoms. The Kier molecular flexibility index (Phi) is 5.31. The van der Waals surface area contributed by atoms with E-state index in [4.69, 9.17) is 9.15 Å². The maximum absolute atomic E-state index is 12.1. The van der Waals surface area contributed by atoms with Crippen molar-refractivity contribution in [2.75, 3.05) is 11.9 Å². The molecule has 6 nitrogen and oxygen atoms in total. The van der Waals surface area contributed by atoms with Crippen LogP contribution in [0.1, 0.15) is 28.5 Å². The number of benzene rings is 2. The maximum atomic E-state index is 12.1. The molecule has 0 radical (unpaired) electrons. The number of ether oxygens (including phenoxy) is 1. The van der Waals surface area contributed by atoms with Crippen molar-refractivity contribution in [2.45, 2.75) is 27.2 Å². The van der Waals surface area contributed by atoms with E-state index in [2.05, 4.69) is 21.6 Å². The van der Waals surface area contributed by atoms with E-state index in [0.29, 0.717) is 29.6 Å². The molecule has 0 atom stereocenters. The summed E-state index contributed by atoms with van der Waals surface area (Å²) in [7, 11) is 0. The highest BCUT2D eigenvalue weighted by atomic mass is 16.5. The first-order valence-corrected chi connectivity index (χ1v) is 8.37. The Balaban J connectivity index is 1.52. The van der Waals surface area contributed by atoms with Gasteiger partial charge in [-0.1, -0.05) is 18.2 Å². The van der Waals surface area contributed by atoms with Crippen molar-refractivity contribution in [1.29, 1.82) is 0 Å². The van der Waals surface area contributed by atoms with E-state index in [1.54, 1.807) is 6.92 Å². The molecule has 134 valence electrons. The zero-order valence-electron chi connectivity index (χ0n) is 15.1. The fourth-order valence-corrected chi connectivity index (χ4v) is 2.65. The van der Waals surface area contributed by atoms with Gasteiger partial charge in [0.05, 0.1) is 6.42 Å². The largest absolute Gasteiger partial charge is 0.484 e. The first kappa shape index (κ1) is 17.7. The lowest BCUT2D eigenvalue weighted by Gasteiger charge is -2.09. The van der Waals surface area contributed by atoms with Crippen molar-refractivity contribution in [1.82, 2.24) is 10.2 Å². The highest BCUT2D eigenvalue weighted by Crippen LogP contribution is 2.17. The lowest BCUT2D eigenvalue weighted by Crippen LogP contribution is -2.20. The van der Waals surface area contributed by atoms with Crippen molar-refractivity contribution in [2.24, 2.45) is 0 Å². The summed E-state index contributed by atoms with van der Waals surface area (Å²) in [5.74, 6) is 1.61. The van der Waals surface area contributed by atoms with E-state index in [1.807, 2.05) is 50.2 Å². The molecule has 1 amide bonds. The van der Waals surface area contributed by atoms with Gasteiger partial charge in [0.15, 0.2) is 6.61 Å². The van der Waals surface area contributed by atoms with Crippen molar-refractivity contribution in [3.8, 4) is 5.75 Å². The standard InChI is InChI=1S/C20H21N3O3/c1-13-8-14(2)10-18(9-13)25-12-19(24)21-17-6-4-16(5-7-17)11-20-23-22-15(3)26-20/h4-10H,11-12H2,1-3H3,(H,21,24). The van der Waals surface area contributed by atoms with Gasteiger partial charge in [0, 0.05) is 12.6 Å². The fourth-order valence-electron chi connectivity index (χ4n) is 2.65. The van der Waals surface area contributed by atoms with Crippen LogP contribution in [0.4, 0.5) is 5.69 Å². The highest BCUT2D eigenvalue weighted by Gasteiger charge is 2.07. The lowest BCUT2D eigenvalue weighted by atomic mass is 10.1. The Bertz CT molecular complexity index is 881. The summed E-state index contributed by atoms with van der Waals surface area (Å²) < 4.78 is 10.9. The molecule has 3 rings (SSSR count). The minimum Gasteiger partial charge on any atom is -0.484 e. The molecule has 26 heavy (non-hydrogen) atoms. The van der Waals surface area contributed by atoms with Gasteiger partial charge in [0.2, 0.25) is 11.8 Å². The molecule has 1 N–H and O–H groups in total. The van der Waals surface area contributed by atoms with Gasteiger partial charge >= 0.3 is 0 Å². The van der Waals surface area contributed by atoms with Crippen LogP contribution in [0.5, 0.6) is 5.75 Å². The number of rotatable bonds is 6. The molecule has 6 heteroatoms. The van der Waals surface area contributed by atoms with E-state index in [-0.39, 0.29) is 12.5 Å². The second-order valence-corrected chi connectivity index (χ2v) is 6.25. The average molecular weight is 351 g/mol. The smallest absolute Gasteiger partial charge is 0.262 e. The fraction of sp³-hybridized carbons (Fsp3) is 0.250. The molecule has 0 saturated carbocycles. The summed E-state index contributed by atoms with van der Waals surface area (Å²) in [4.78, 5) is 12.1. The Morgan fingerprint density at radius 1 is 1.04 bits per heavy atom. The van der Waals surface area contributed by atoms with E-state index < -0.39 is 0 Å². The van der Waals surface area contributed by atoms with Crippen LogP contribution in [0.15, 0.2) is 46.9 Å². The number of carbonyl (C=O) groups excluding carboxylic acids is 1. The van der Waals surface area contributed by atoms with Crippen LogP contribution in [0.3, 0.4) is 0 Å². The molecule has 1 aromatic heterocycles. The van der Waals surface area contributed by atoms with Gasteiger partial charge in [-0.25, -0.2) is 0 Å². The SMILES string of the molecule is Cc1cc(C)cc(OCC(=O)Nc2ccc(Cc3nnc(C)o3)cc2)c1. The molecular formula is C20H21N3O3. The highest BCUT2D eigenvalue weighted by molar-refractivity contribution is 5.91. The number of hydrogen-bond donors (Lipinski definition) is 1. The number of nitrogens with one attached hydrogen (secondary N) is 1. The monoisotopic (exact) mass is 351 g/mol. The van der Waals surface area contributed by atoms with E-state index in [9.17, 15) is 4.79 Å². The normalized spacial score (nSPS) is 10.6. The molecule has 0 aliphatic carbocycles. The van der Waals surface area contributed by atoms with E-state index in [1.165, 1.54) is 0 Å². The first-order valence-electron chi connectivity index (χ1n) is 8.37. The van der Waals surface area contributed by atoms with Crippen LogP contribution in [0, 0.1) is 20.8 Å². The number of aryl methyl sites for hydroxylation is 3. The van der Waals surface area contributed by atoms with Gasteiger partial charge in [-0.15, -0.1) is 10.2 Å². The number of anilines is 1. The van der Waals surface area contributed by atoms with E-state index >= 15 is 0 Å². The van der Waals surface area contributed by atoms with Crippen LogP contribution < -0.4 is 10.1 Å².